The molecule has 4 rings (SSSR count). The molecule has 0 aliphatic carbocycles. The fourth-order valence-corrected chi connectivity index (χ4v) is 4.34. The van der Waals surface area contributed by atoms with Gasteiger partial charge in [-0.25, -0.2) is 9.37 Å². The van der Waals surface area contributed by atoms with E-state index in [0.717, 1.165) is 25.3 Å². The van der Waals surface area contributed by atoms with E-state index >= 15 is 0 Å². The Kier molecular flexibility index (Phi) is 3.80. The number of benzene rings is 2. The first-order valence-corrected chi connectivity index (χ1v) is 8.82. The minimum absolute atomic E-state index is 0.290. The molecule has 0 atom stereocenters. The van der Waals surface area contributed by atoms with Gasteiger partial charge in [0.1, 0.15) is 26.4 Å². The Morgan fingerprint density at radius 1 is 1.00 bits per heavy atom. The molecule has 0 fully saturated rings. The number of aromatic nitrogens is 3. The summed E-state index contributed by atoms with van der Waals surface area (Å²) in [4.78, 5) is 4.36. The summed E-state index contributed by atoms with van der Waals surface area (Å²) in [5.41, 5.74) is 1.36. The number of hydrogen-bond donors (Lipinski definition) is 0. The van der Waals surface area contributed by atoms with Crippen molar-refractivity contribution in [3.05, 3.63) is 63.3 Å². The summed E-state index contributed by atoms with van der Waals surface area (Å²) in [6.45, 7) is 0. The van der Waals surface area contributed by atoms with Crippen molar-refractivity contribution in [2.45, 2.75) is 6.42 Å². The Morgan fingerprint density at radius 2 is 1.87 bits per heavy atom. The van der Waals surface area contributed by atoms with Crippen molar-refractivity contribution in [1.82, 2.24) is 15.2 Å². The minimum Gasteiger partial charge on any atom is -0.238 e. The van der Waals surface area contributed by atoms with Gasteiger partial charge in [-0.3, -0.25) is 0 Å². The van der Waals surface area contributed by atoms with Crippen LogP contribution in [0.25, 0.3) is 20.8 Å². The molecule has 114 valence electrons. The molecule has 0 bridgehead atoms. The van der Waals surface area contributed by atoms with Crippen LogP contribution in [-0.4, -0.2) is 15.2 Å². The molecule has 4 aromatic rings. The fraction of sp³-hybridized carbons (Fsp3) is 0.0625. The summed E-state index contributed by atoms with van der Waals surface area (Å²) in [6, 6.07) is 12.5. The minimum atomic E-state index is -0.290. The monoisotopic (exact) mass is 361 g/mol. The van der Waals surface area contributed by atoms with Crippen molar-refractivity contribution < 1.29 is 4.39 Å². The molecule has 0 aliphatic rings. The topological polar surface area (TPSA) is 38.7 Å². The molecular formula is C16H9ClFN3S2. The zero-order valence-electron chi connectivity index (χ0n) is 11.7. The molecular weight excluding hydrogens is 353 g/mol. The number of nitrogens with zero attached hydrogens (tertiary/aromatic N) is 3. The zero-order chi connectivity index (χ0) is 15.8. The highest BCUT2D eigenvalue weighted by Gasteiger charge is 2.12. The van der Waals surface area contributed by atoms with Crippen LogP contribution >= 0.6 is 34.3 Å². The van der Waals surface area contributed by atoms with Crippen molar-refractivity contribution in [3.63, 3.8) is 0 Å². The van der Waals surface area contributed by atoms with Crippen LogP contribution in [-0.2, 0) is 6.42 Å². The van der Waals surface area contributed by atoms with Gasteiger partial charge < -0.3 is 0 Å². The number of thiazole rings is 1. The second kappa shape index (κ2) is 5.96. The lowest BCUT2D eigenvalue weighted by atomic mass is 10.2. The molecule has 0 radical (unpaired) electrons. The Hall–Kier alpha value is -1.89. The van der Waals surface area contributed by atoms with E-state index in [1.54, 1.807) is 6.07 Å². The van der Waals surface area contributed by atoms with Gasteiger partial charge in [0.25, 0.3) is 0 Å². The first-order valence-electron chi connectivity index (χ1n) is 6.81. The third kappa shape index (κ3) is 2.97. The van der Waals surface area contributed by atoms with Crippen LogP contribution in [0.5, 0.6) is 0 Å². The van der Waals surface area contributed by atoms with E-state index in [1.165, 1.54) is 28.7 Å². The van der Waals surface area contributed by atoms with Crippen LogP contribution < -0.4 is 0 Å². The van der Waals surface area contributed by atoms with Crippen LogP contribution in [0.3, 0.4) is 0 Å². The first kappa shape index (κ1) is 14.7. The quantitative estimate of drug-likeness (QED) is 0.503. The van der Waals surface area contributed by atoms with Crippen LogP contribution in [0.1, 0.15) is 10.0 Å². The molecule has 23 heavy (non-hydrogen) atoms. The first-order chi connectivity index (χ1) is 11.2. The lowest BCUT2D eigenvalue weighted by molar-refractivity contribution is 0.637. The lowest BCUT2D eigenvalue weighted by Crippen LogP contribution is -1.86. The van der Waals surface area contributed by atoms with Gasteiger partial charge >= 0.3 is 0 Å². The van der Waals surface area contributed by atoms with Crippen LogP contribution in [0, 0.1) is 5.82 Å². The normalized spacial score (nSPS) is 11.2. The molecule has 0 aliphatic heterocycles. The Bertz CT molecular complexity index is 996. The van der Waals surface area contributed by atoms with Gasteiger partial charge in [0.05, 0.1) is 11.1 Å². The maximum atomic E-state index is 13.7. The second-order valence-electron chi connectivity index (χ2n) is 4.88. The van der Waals surface area contributed by atoms with E-state index < -0.39 is 0 Å². The number of rotatable bonds is 3. The van der Waals surface area contributed by atoms with Crippen molar-refractivity contribution >= 4 is 44.5 Å². The van der Waals surface area contributed by atoms with Gasteiger partial charge in [-0.15, -0.1) is 21.5 Å². The summed E-state index contributed by atoms with van der Waals surface area (Å²) < 4.78 is 14.6. The van der Waals surface area contributed by atoms with Crippen molar-refractivity contribution in [2.24, 2.45) is 0 Å². The van der Waals surface area contributed by atoms with Gasteiger partial charge in [-0.05, 0) is 24.3 Å². The highest BCUT2D eigenvalue weighted by molar-refractivity contribution is 7.19. The van der Waals surface area contributed by atoms with E-state index in [9.17, 15) is 4.39 Å². The van der Waals surface area contributed by atoms with Crippen molar-refractivity contribution in [2.75, 3.05) is 0 Å². The molecule has 0 saturated carbocycles. The Labute approximate surface area is 144 Å². The number of fused-ring (bicyclic) bond motifs is 1. The highest BCUT2D eigenvalue weighted by atomic mass is 35.5. The largest absolute Gasteiger partial charge is 0.238 e. The predicted octanol–water partition coefficient (Wildman–Crippen LogP) is 5.20. The third-order valence-electron chi connectivity index (χ3n) is 3.25. The summed E-state index contributed by atoms with van der Waals surface area (Å²) in [7, 11) is 0. The predicted molar refractivity (Wildman–Crippen MR) is 92.7 cm³/mol. The highest BCUT2D eigenvalue weighted by Crippen LogP contribution is 2.29. The van der Waals surface area contributed by atoms with Crippen molar-refractivity contribution in [3.8, 4) is 10.6 Å². The van der Waals surface area contributed by atoms with Gasteiger partial charge in [0.15, 0.2) is 0 Å². The molecule has 2 aromatic carbocycles. The molecule has 3 nitrogen and oxygen atoms in total. The Morgan fingerprint density at radius 3 is 2.70 bits per heavy atom. The summed E-state index contributed by atoms with van der Waals surface area (Å²) in [5.74, 6) is -0.290. The molecule has 0 unspecified atom stereocenters. The van der Waals surface area contributed by atoms with E-state index in [0.29, 0.717) is 17.0 Å². The average Bonchev–Trinajstić information content (AvgIpc) is 3.15. The molecule has 7 heteroatoms. The molecule has 0 spiro atoms. The van der Waals surface area contributed by atoms with Gasteiger partial charge in [-0.2, -0.15) is 0 Å². The summed E-state index contributed by atoms with van der Waals surface area (Å²) in [6.07, 6.45) is 0.553. The van der Waals surface area contributed by atoms with Gasteiger partial charge in [0.2, 0.25) is 0 Å². The SMILES string of the molecule is Fc1cccc2sc(Cc3nnc(-c4cccc(Cl)c4)s3)nc12. The fourth-order valence-electron chi connectivity index (χ4n) is 2.23. The summed E-state index contributed by atoms with van der Waals surface area (Å²) in [5, 5.41) is 11.6. The molecule has 2 heterocycles. The van der Waals surface area contributed by atoms with Crippen LogP contribution in [0.4, 0.5) is 4.39 Å². The number of halogens is 2. The Balaban J connectivity index is 1.63. The standard InChI is InChI=1S/C16H9ClFN3S2/c17-10-4-1-3-9(7-10)16-21-20-14(23-16)8-13-19-15-11(18)5-2-6-12(15)22-13/h1-7H,8H2. The van der Waals surface area contributed by atoms with Crippen LogP contribution in [0.2, 0.25) is 5.02 Å². The third-order valence-corrected chi connectivity index (χ3v) is 5.48. The van der Waals surface area contributed by atoms with Gasteiger partial charge in [-0.1, -0.05) is 41.1 Å². The number of para-hydroxylation sites is 1. The van der Waals surface area contributed by atoms with E-state index in [4.69, 9.17) is 11.6 Å². The van der Waals surface area contributed by atoms with E-state index in [-0.39, 0.29) is 5.82 Å². The van der Waals surface area contributed by atoms with E-state index in [1.807, 2.05) is 30.3 Å². The smallest absolute Gasteiger partial charge is 0.150 e. The average molecular weight is 362 g/mol. The second-order valence-corrected chi connectivity index (χ2v) is 7.50. The molecule has 2 aromatic heterocycles. The lowest BCUT2D eigenvalue weighted by Gasteiger charge is -1.94. The molecule has 0 saturated heterocycles. The maximum absolute atomic E-state index is 13.7. The molecule has 0 amide bonds. The number of hydrogen-bond acceptors (Lipinski definition) is 5. The zero-order valence-corrected chi connectivity index (χ0v) is 14.1. The van der Waals surface area contributed by atoms with Crippen LogP contribution in [0.15, 0.2) is 42.5 Å². The maximum Gasteiger partial charge on any atom is 0.150 e. The van der Waals surface area contributed by atoms with E-state index in [2.05, 4.69) is 15.2 Å². The van der Waals surface area contributed by atoms with Gasteiger partial charge in [0, 0.05) is 10.6 Å². The molecule has 0 N–H and O–H groups in total. The summed E-state index contributed by atoms with van der Waals surface area (Å²) >= 11 is 8.98. The van der Waals surface area contributed by atoms with Crippen molar-refractivity contribution in [1.29, 1.82) is 0 Å².